The van der Waals surface area contributed by atoms with E-state index in [-0.39, 0.29) is 24.7 Å². The Kier molecular flexibility index (Phi) is 3.45. The summed E-state index contributed by atoms with van der Waals surface area (Å²) in [6, 6.07) is 0. The SMILES string of the molecule is O=C(O)CC1C=CC=CC1CC(=O)O. The third kappa shape index (κ3) is 3.05. The maximum absolute atomic E-state index is 10.5. The van der Waals surface area contributed by atoms with Crippen molar-refractivity contribution in [3.05, 3.63) is 24.3 Å². The van der Waals surface area contributed by atoms with Crippen molar-refractivity contribution in [1.82, 2.24) is 0 Å². The lowest BCUT2D eigenvalue weighted by atomic mass is 9.84. The Balaban J connectivity index is 2.61. The van der Waals surface area contributed by atoms with Gasteiger partial charge in [-0.05, 0) is 11.8 Å². The molecule has 1 aliphatic carbocycles. The number of hydrogen-bond acceptors (Lipinski definition) is 2. The van der Waals surface area contributed by atoms with E-state index in [1.54, 1.807) is 24.3 Å². The second-order valence-corrected chi connectivity index (χ2v) is 3.29. The first-order valence-corrected chi connectivity index (χ1v) is 4.38. The Bertz CT molecular complexity index is 260. The molecule has 4 nitrogen and oxygen atoms in total. The highest BCUT2D eigenvalue weighted by atomic mass is 16.4. The van der Waals surface area contributed by atoms with Crippen molar-refractivity contribution in [3.8, 4) is 0 Å². The van der Waals surface area contributed by atoms with Crippen molar-refractivity contribution >= 4 is 11.9 Å². The summed E-state index contributed by atoms with van der Waals surface area (Å²) in [6.45, 7) is 0. The summed E-state index contributed by atoms with van der Waals surface area (Å²) in [4.78, 5) is 21.0. The number of carboxylic acid groups (broad SMARTS) is 2. The highest BCUT2D eigenvalue weighted by Gasteiger charge is 2.23. The van der Waals surface area contributed by atoms with E-state index in [1.807, 2.05) is 0 Å². The van der Waals surface area contributed by atoms with Gasteiger partial charge in [-0.25, -0.2) is 0 Å². The van der Waals surface area contributed by atoms with Crippen LogP contribution >= 0.6 is 0 Å². The summed E-state index contributed by atoms with van der Waals surface area (Å²) in [5, 5.41) is 17.2. The zero-order valence-corrected chi connectivity index (χ0v) is 7.59. The van der Waals surface area contributed by atoms with Gasteiger partial charge in [0, 0.05) is 0 Å². The van der Waals surface area contributed by atoms with Crippen LogP contribution in [0.1, 0.15) is 12.8 Å². The summed E-state index contributed by atoms with van der Waals surface area (Å²) in [7, 11) is 0. The van der Waals surface area contributed by atoms with Crippen LogP contribution in [-0.4, -0.2) is 22.2 Å². The Morgan fingerprint density at radius 1 is 0.929 bits per heavy atom. The predicted molar refractivity (Wildman–Crippen MR) is 49.8 cm³/mol. The maximum atomic E-state index is 10.5. The van der Waals surface area contributed by atoms with Crippen molar-refractivity contribution in [3.63, 3.8) is 0 Å². The summed E-state index contributed by atoms with van der Waals surface area (Å²) in [6.07, 6.45) is 6.99. The molecule has 1 rings (SSSR count). The van der Waals surface area contributed by atoms with Crippen LogP contribution < -0.4 is 0 Å². The summed E-state index contributed by atoms with van der Waals surface area (Å²) in [5.74, 6) is -2.20. The molecule has 0 aliphatic heterocycles. The first-order valence-electron chi connectivity index (χ1n) is 4.38. The van der Waals surface area contributed by atoms with Crippen LogP contribution in [0.3, 0.4) is 0 Å². The molecule has 0 fully saturated rings. The van der Waals surface area contributed by atoms with Crippen LogP contribution in [0.2, 0.25) is 0 Å². The van der Waals surface area contributed by atoms with Gasteiger partial charge in [-0.2, -0.15) is 0 Å². The highest BCUT2D eigenvalue weighted by Crippen LogP contribution is 2.25. The maximum Gasteiger partial charge on any atom is 0.303 e. The predicted octanol–water partition coefficient (Wildman–Crippen LogP) is 1.29. The van der Waals surface area contributed by atoms with Crippen LogP contribution in [-0.2, 0) is 9.59 Å². The highest BCUT2D eigenvalue weighted by molar-refractivity contribution is 5.69. The Hall–Kier alpha value is -1.58. The van der Waals surface area contributed by atoms with Gasteiger partial charge in [0.15, 0.2) is 0 Å². The van der Waals surface area contributed by atoms with Gasteiger partial charge in [-0.3, -0.25) is 9.59 Å². The van der Waals surface area contributed by atoms with Gasteiger partial charge in [0.1, 0.15) is 0 Å². The third-order valence-corrected chi connectivity index (χ3v) is 2.20. The second-order valence-electron chi connectivity index (χ2n) is 3.29. The minimum Gasteiger partial charge on any atom is -0.481 e. The molecule has 14 heavy (non-hydrogen) atoms. The quantitative estimate of drug-likeness (QED) is 0.710. The second kappa shape index (κ2) is 4.60. The van der Waals surface area contributed by atoms with Gasteiger partial charge in [0.25, 0.3) is 0 Å². The van der Waals surface area contributed by atoms with Gasteiger partial charge in [0.05, 0.1) is 12.8 Å². The molecule has 76 valence electrons. The molecule has 4 heteroatoms. The molecule has 0 heterocycles. The van der Waals surface area contributed by atoms with Crippen LogP contribution in [0.4, 0.5) is 0 Å². The van der Waals surface area contributed by atoms with Crippen molar-refractivity contribution in [2.45, 2.75) is 12.8 Å². The van der Waals surface area contributed by atoms with Crippen LogP contribution in [0.25, 0.3) is 0 Å². The molecule has 0 bridgehead atoms. The minimum absolute atomic E-state index is 0.0151. The molecule has 1 aliphatic rings. The van der Waals surface area contributed by atoms with E-state index < -0.39 is 11.9 Å². The fourth-order valence-corrected chi connectivity index (χ4v) is 1.54. The third-order valence-electron chi connectivity index (χ3n) is 2.20. The molecule has 0 saturated heterocycles. The van der Waals surface area contributed by atoms with Gasteiger partial charge < -0.3 is 10.2 Å². The smallest absolute Gasteiger partial charge is 0.303 e. The molecular weight excluding hydrogens is 184 g/mol. The normalized spacial score (nSPS) is 24.9. The van der Waals surface area contributed by atoms with E-state index in [4.69, 9.17) is 10.2 Å². The zero-order valence-electron chi connectivity index (χ0n) is 7.59. The van der Waals surface area contributed by atoms with Gasteiger partial charge in [-0.15, -0.1) is 0 Å². The largest absolute Gasteiger partial charge is 0.481 e. The van der Waals surface area contributed by atoms with E-state index >= 15 is 0 Å². The van der Waals surface area contributed by atoms with Crippen molar-refractivity contribution in [1.29, 1.82) is 0 Å². The Morgan fingerprint density at radius 2 is 1.29 bits per heavy atom. The molecule has 2 atom stereocenters. The molecule has 0 aromatic carbocycles. The van der Waals surface area contributed by atoms with Crippen molar-refractivity contribution in [2.75, 3.05) is 0 Å². The first kappa shape index (κ1) is 10.5. The molecule has 0 radical (unpaired) electrons. The number of carbonyl (C=O) groups is 2. The average Bonchev–Trinajstić information content (AvgIpc) is 2.06. The topological polar surface area (TPSA) is 74.6 Å². The molecule has 0 amide bonds. The fourth-order valence-electron chi connectivity index (χ4n) is 1.54. The van der Waals surface area contributed by atoms with Crippen LogP contribution in [0, 0.1) is 11.8 Å². The molecule has 2 unspecified atom stereocenters. The van der Waals surface area contributed by atoms with Gasteiger partial charge >= 0.3 is 11.9 Å². The number of allylic oxidation sites excluding steroid dienone is 4. The van der Waals surface area contributed by atoms with Gasteiger partial charge in [0.2, 0.25) is 0 Å². The van der Waals surface area contributed by atoms with Crippen LogP contribution in [0.5, 0.6) is 0 Å². The molecule has 0 aromatic rings. The average molecular weight is 196 g/mol. The number of rotatable bonds is 4. The molecular formula is C10H12O4. The van der Waals surface area contributed by atoms with Crippen LogP contribution in [0.15, 0.2) is 24.3 Å². The standard InChI is InChI=1S/C10H12O4/c11-9(12)5-7-3-1-2-4-8(7)6-10(13)14/h1-4,7-8H,5-6H2,(H,11,12)(H,13,14). The summed E-state index contributed by atoms with van der Waals surface area (Å²) in [5.41, 5.74) is 0. The van der Waals surface area contributed by atoms with Gasteiger partial charge in [-0.1, -0.05) is 24.3 Å². The summed E-state index contributed by atoms with van der Waals surface area (Å²) >= 11 is 0. The van der Waals surface area contributed by atoms with Crippen molar-refractivity contribution < 1.29 is 19.8 Å². The number of hydrogen-bond donors (Lipinski definition) is 2. The first-order chi connectivity index (χ1) is 6.59. The van der Waals surface area contributed by atoms with E-state index in [1.165, 1.54) is 0 Å². The van der Waals surface area contributed by atoms with E-state index in [2.05, 4.69) is 0 Å². The lowest BCUT2D eigenvalue weighted by molar-refractivity contribution is -0.140. The molecule has 0 saturated carbocycles. The Morgan fingerprint density at radius 3 is 1.57 bits per heavy atom. The van der Waals surface area contributed by atoms with E-state index in [9.17, 15) is 9.59 Å². The zero-order chi connectivity index (χ0) is 10.6. The number of aliphatic carboxylic acids is 2. The molecule has 0 aromatic heterocycles. The van der Waals surface area contributed by atoms with E-state index in [0.29, 0.717) is 0 Å². The molecule has 0 spiro atoms. The minimum atomic E-state index is -0.898. The summed E-state index contributed by atoms with van der Waals surface area (Å²) < 4.78 is 0. The lowest BCUT2D eigenvalue weighted by Gasteiger charge is -2.20. The molecule has 2 N–H and O–H groups in total. The monoisotopic (exact) mass is 196 g/mol. The Labute approximate surface area is 81.6 Å². The fraction of sp³-hybridized carbons (Fsp3) is 0.400. The lowest BCUT2D eigenvalue weighted by Crippen LogP contribution is -2.19. The van der Waals surface area contributed by atoms with Crippen molar-refractivity contribution in [2.24, 2.45) is 11.8 Å². The van der Waals surface area contributed by atoms with E-state index in [0.717, 1.165) is 0 Å². The number of carboxylic acids is 2.